The van der Waals surface area contributed by atoms with E-state index in [2.05, 4.69) is 10.6 Å². The van der Waals surface area contributed by atoms with Crippen LogP contribution in [0.1, 0.15) is 28.8 Å². The fraction of sp³-hybridized carbons (Fsp3) is 0.263. The Morgan fingerprint density at radius 2 is 1.81 bits per heavy atom. The maximum atomic E-state index is 12.2. The van der Waals surface area contributed by atoms with Crippen molar-refractivity contribution in [1.82, 2.24) is 10.2 Å². The molecule has 1 aliphatic rings. The number of nitrogens with one attached hydrogen (secondary N) is 2. The molecule has 0 unspecified atom stereocenters. The highest BCUT2D eigenvalue weighted by Gasteiger charge is 2.17. The van der Waals surface area contributed by atoms with Gasteiger partial charge in [0.2, 0.25) is 0 Å². The van der Waals surface area contributed by atoms with Gasteiger partial charge in [0, 0.05) is 43.0 Å². The monoisotopic (exact) mass is 368 g/mol. The van der Waals surface area contributed by atoms with Gasteiger partial charge >= 0.3 is 6.03 Å². The molecule has 27 heavy (non-hydrogen) atoms. The number of amides is 3. The summed E-state index contributed by atoms with van der Waals surface area (Å²) < 4.78 is 0. The fourth-order valence-corrected chi connectivity index (χ4v) is 2.93. The van der Waals surface area contributed by atoms with Crippen LogP contribution >= 0.6 is 0 Å². The van der Waals surface area contributed by atoms with Gasteiger partial charge in [0.15, 0.2) is 0 Å². The smallest absolute Gasteiger partial charge is 0.321 e. The lowest BCUT2D eigenvalue weighted by atomic mass is 10.1. The molecule has 1 heterocycles. The van der Waals surface area contributed by atoms with E-state index < -0.39 is 10.8 Å². The van der Waals surface area contributed by atoms with Crippen LogP contribution in [0, 0.1) is 10.1 Å². The third-order valence-corrected chi connectivity index (χ3v) is 4.34. The van der Waals surface area contributed by atoms with Crippen molar-refractivity contribution in [2.75, 3.05) is 18.4 Å². The third-order valence-electron chi connectivity index (χ3n) is 4.34. The average molecular weight is 368 g/mol. The molecule has 8 nitrogen and oxygen atoms in total. The molecule has 3 amide bonds. The second kappa shape index (κ2) is 8.31. The lowest BCUT2D eigenvalue weighted by molar-refractivity contribution is -0.384. The Bertz CT molecular complexity index is 862. The number of benzene rings is 2. The van der Waals surface area contributed by atoms with Crippen LogP contribution in [-0.4, -0.2) is 34.9 Å². The topological polar surface area (TPSA) is 105 Å². The van der Waals surface area contributed by atoms with Crippen molar-refractivity contribution < 1.29 is 14.5 Å². The van der Waals surface area contributed by atoms with Gasteiger partial charge in [-0.1, -0.05) is 18.2 Å². The zero-order valence-electron chi connectivity index (χ0n) is 14.7. The number of nitro benzene ring substituents is 1. The van der Waals surface area contributed by atoms with Crippen LogP contribution in [-0.2, 0) is 6.54 Å². The van der Waals surface area contributed by atoms with Crippen LogP contribution < -0.4 is 10.6 Å². The first-order chi connectivity index (χ1) is 13.0. The summed E-state index contributed by atoms with van der Waals surface area (Å²) in [6.45, 7) is 1.78. The van der Waals surface area contributed by atoms with Crippen molar-refractivity contribution in [3.63, 3.8) is 0 Å². The quantitative estimate of drug-likeness (QED) is 0.625. The Hall–Kier alpha value is -3.42. The van der Waals surface area contributed by atoms with Crippen LogP contribution in [0.4, 0.5) is 16.2 Å². The Balaban J connectivity index is 1.59. The van der Waals surface area contributed by atoms with Gasteiger partial charge in [-0.2, -0.15) is 0 Å². The molecule has 1 saturated heterocycles. The molecule has 0 spiro atoms. The molecule has 140 valence electrons. The maximum absolute atomic E-state index is 12.2. The summed E-state index contributed by atoms with van der Waals surface area (Å²) in [5.41, 5.74) is 1.57. The molecule has 3 rings (SSSR count). The van der Waals surface area contributed by atoms with Gasteiger partial charge in [-0.3, -0.25) is 14.9 Å². The van der Waals surface area contributed by atoms with E-state index in [4.69, 9.17) is 0 Å². The molecule has 0 atom stereocenters. The number of carbonyl (C=O) groups is 2. The summed E-state index contributed by atoms with van der Waals surface area (Å²) in [7, 11) is 0. The van der Waals surface area contributed by atoms with Crippen LogP contribution in [0.5, 0.6) is 0 Å². The first kappa shape index (κ1) is 18.4. The Morgan fingerprint density at radius 3 is 2.56 bits per heavy atom. The molecular weight excluding hydrogens is 348 g/mol. The number of rotatable bonds is 5. The average Bonchev–Trinajstić information content (AvgIpc) is 3.21. The van der Waals surface area contributed by atoms with Crippen molar-refractivity contribution in [2.24, 2.45) is 0 Å². The molecule has 2 aromatic rings. The Kier molecular flexibility index (Phi) is 5.65. The summed E-state index contributed by atoms with van der Waals surface area (Å²) in [5, 5.41) is 16.4. The summed E-state index contributed by atoms with van der Waals surface area (Å²) in [5.74, 6) is -0.398. The Morgan fingerprint density at radius 1 is 1.07 bits per heavy atom. The number of likely N-dealkylation sites (tertiary alicyclic amines) is 1. The van der Waals surface area contributed by atoms with Crippen LogP contribution in [0.2, 0.25) is 0 Å². The SMILES string of the molecule is O=C(NCc1cccc(NC(=O)N2CCCC2)c1)c1cccc([N+](=O)[O-])c1. The predicted octanol–water partition coefficient (Wildman–Crippen LogP) is 3.15. The number of non-ortho nitro benzene ring substituents is 1. The number of nitro groups is 1. The van der Waals surface area contributed by atoms with Gasteiger partial charge < -0.3 is 15.5 Å². The number of anilines is 1. The molecule has 2 aromatic carbocycles. The van der Waals surface area contributed by atoms with Crippen LogP contribution in [0.15, 0.2) is 48.5 Å². The van der Waals surface area contributed by atoms with Gasteiger partial charge in [0.05, 0.1) is 4.92 Å². The van der Waals surface area contributed by atoms with E-state index in [1.807, 2.05) is 6.07 Å². The maximum Gasteiger partial charge on any atom is 0.321 e. The number of carbonyl (C=O) groups excluding carboxylic acids is 2. The summed E-state index contributed by atoms with van der Waals surface area (Å²) >= 11 is 0. The van der Waals surface area contributed by atoms with E-state index in [0.29, 0.717) is 5.69 Å². The fourth-order valence-electron chi connectivity index (χ4n) is 2.93. The van der Waals surface area contributed by atoms with Gasteiger partial charge in [0.25, 0.3) is 11.6 Å². The van der Waals surface area contributed by atoms with Crippen LogP contribution in [0.3, 0.4) is 0 Å². The second-order valence-corrected chi connectivity index (χ2v) is 6.31. The molecule has 8 heteroatoms. The largest absolute Gasteiger partial charge is 0.348 e. The molecule has 1 aliphatic heterocycles. The normalized spacial score (nSPS) is 13.3. The summed E-state index contributed by atoms with van der Waals surface area (Å²) in [4.78, 5) is 36.4. The first-order valence-electron chi connectivity index (χ1n) is 8.70. The molecule has 0 bridgehead atoms. The second-order valence-electron chi connectivity index (χ2n) is 6.31. The standard InChI is InChI=1S/C19H20N4O4/c24-18(15-6-4-8-17(12-15)23(26)27)20-13-14-5-3-7-16(11-14)21-19(25)22-9-1-2-10-22/h3-8,11-12H,1-2,9-10,13H2,(H,20,24)(H,21,25). The molecule has 0 saturated carbocycles. The first-order valence-corrected chi connectivity index (χ1v) is 8.70. The van der Waals surface area contributed by atoms with Crippen molar-refractivity contribution in [2.45, 2.75) is 19.4 Å². The van der Waals surface area contributed by atoms with Gasteiger partial charge in [-0.05, 0) is 36.6 Å². The van der Waals surface area contributed by atoms with E-state index in [1.54, 1.807) is 23.1 Å². The zero-order valence-corrected chi connectivity index (χ0v) is 14.7. The highest BCUT2D eigenvalue weighted by Crippen LogP contribution is 2.15. The minimum absolute atomic E-state index is 0.120. The van der Waals surface area contributed by atoms with Gasteiger partial charge in [-0.15, -0.1) is 0 Å². The third kappa shape index (κ3) is 4.81. The van der Waals surface area contributed by atoms with E-state index in [0.717, 1.165) is 31.5 Å². The van der Waals surface area contributed by atoms with Crippen molar-refractivity contribution in [3.05, 3.63) is 69.8 Å². The zero-order chi connectivity index (χ0) is 19.2. The number of urea groups is 1. The lowest BCUT2D eigenvalue weighted by Crippen LogP contribution is -2.32. The minimum Gasteiger partial charge on any atom is -0.348 e. The molecule has 1 fully saturated rings. The molecule has 2 N–H and O–H groups in total. The number of hydrogen-bond donors (Lipinski definition) is 2. The minimum atomic E-state index is -0.538. The van der Waals surface area contributed by atoms with E-state index >= 15 is 0 Å². The Labute approximate surface area is 156 Å². The highest BCUT2D eigenvalue weighted by atomic mass is 16.6. The van der Waals surface area contributed by atoms with Crippen LogP contribution in [0.25, 0.3) is 0 Å². The van der Waals surface area contributed by atoms with Gasteiger partial charge in [0.1, 0.15) is 0 Å². The van der Waals surface area contributed by atoms with E-state index in [9.17, 15) is 19.7 Å². The lowest BCUT2D eigenvalue weighted by Gasteiger charge is -2.16. The molecule has 0 radical (unpaired) electrons. The van der Waals surface area contributed by atoms with Crippen molar-refractivity contribution in [3.8, 4) is 0 Å². The molecular formula is C19H20N4O4. The number of nitrogens with zero attached hydrogens (tertiary/aromatic N) is 2. The van der Waals surface area contributed by atoms with E-state index in [1.165, 1.54) is 24.3 Å². The molecule has 0 aromatic heterocycles. The molecule has 0 aliphatic carbocycles. The highest BCUT2D eigenvalue weighted by molar-refractivity contribution is 5.94. The predicted molar refractivity (Wildman–Crippen MR) is 101 cm³/mol. The summed E-state index contributed by atoms with van der Waals surface area (Å²) in [6.07, 6.45) is 2.05. The van der Waals surface area contributed by atoms with Gasteiger partial charge in [-0.25, -0.2) is 4.79 Å². The summed E-state index contributed by atoms with van der Waals surface area (Å²) in [6, 6.07) is 12.7. The van der Waals surface area contributed by atoms with E-state index in [-0.39, 0.29) is 23.8 Å². The van der Waals surface area contributed by atoms with Crippen molar-refractivity contribution in [1.29, 1.82) is 0 Å². The number of hydrogen-bond acceptors (Lipinski definition) is 4. The van der Waals surface area contributed by atoms with Crippen molar-refractivity contribution >= 4 is 23.3 Å².